The predicted octanol–water partition coefficient (Wildman–Crippen LogP) is 2.17. The first-order chi connectivity index (χ1) is 14.0. The molecule has 2 aromatic carbocycles. The third-order valence-corrected chi connectivity index (χ3v) is 4.46. The molecule has 146 valence electrons. The molecule has 0 aliphatic heterocycles. The fourth-order valence-corrected chi connectivity index (χ4v) is 2.73. The Morgan fingerprint density at radius 3 is 2.14 bits per heavy atom. The zero-order valence-corrected chi connectivity index (χ0v) is 16.2. The highest BCUT2D eigenvalue weighted by atomic mass is 16.3. The van der Waals surface area contributed by atoms with Gasteiger partial charge in [-0.15, -0.1) is 0 Å². The van der Waals surface area contributed by atoms with E-state index in [9.17, 15) is 14.7 Å². The Hall–Kier alpha value is -3.69. The maximum absolute atomic E-state index is 12.1. The molecule has 1 heterocycles. The Morgan fingerprint density at radius 1 is 1.07 bits per heavy atom. The molecular formula is C23H21N3O3. The van der Waals surface area contributed by atoms with E-state index >= 15 is 0 Å². The number of carbonyl (C=O) groups excluding carboxylic acids is 2. The highest BCUT2D eigenvalue weighted by Crippen LogP contribution is 2.18. The summed E-state index contributed by atoms with van der Waals surface area (Å²) in [4.78, 5) is 23.0. The summed E-state index contributed by atoms with van der Waals surface area (Å²) >= 11 is 0. The molecule has 0 aliphatic rings. The highest BCUT2D eigenvalue weighted by Gasteiger charge is 2.17. The highest BCUT2D eigenvalue weighted by molar-refractivity contribution is 5.95. The first kappa shape index (κ1) is 20.1. The average molecular weight is 387 g/mol. The van der Waals surface area contributed by atoms with Gasteiger partial charge in [0, 0.05) is 29.9 Å². The van der Waals surface area contributed by atoms with Gasteiger partial charge in [-0.2, -0.15) is 5.10 Å². The molecule has 0 saturated heterocycles. The van der Waals surface area contributed by atoms with Crippen LogP contribution in [0.2, 0.25) is 0 Å². The number of hydrogen-bond donors (Lipinski definition) is 2. The molecule has 6 heteroatoms. The third kappa shape index (κ3) is 4.98. The molecular weight excluding hydrogens is 366 g/mol. The van der Waals surface area contributed by atoms with Gasteiger partial charge in [-0.3, -0.25) is 9.48 Å². The minimum absolute atomic E-state index is 0.392. The van der Waals surface area contributed by atoms with Gasteiger partial charge in [0.1, 0.15) is 12.3 Å². The molecule has 2 unspecified atom stereocenters. The van der Waals surface area contributed by atoms with Crippen LogP contribution < -0.4 is 5.32 Å². The summed E-state index contributed by atoms with van der Waals surface area (Å²) in [6.45, 7) is 1.45. The molecule has 29 heavy (non-hydrogen) atoms. The van der Waals surface area contributed by atoms with Gasteiger partial charge in [-0.25, -0.2) is 0 Å². The van der Waals surface area contributed by atoms with Crippen molar-refractivity contribution in [1.29, 1.82) is 0 Å². The number of aliphatic hydroxyl groups is 1. The number of amides is 1. The Labute approximate surface area is 169 Å². The standard InChI is InChI=1S/C23H21N3O3/c1-16(28)21(15-27)25-23(29)20-11-7-18(8-12-20)4-3-17-5-9-19(10-6-17)22-13-14-24-26(22)2/h5-16,21,28H,1-2H3,(H,25,29). The lowest BCUT2D eigenvalue weighted by Gasteiger charge is -2.15. The lowest BCUT2D eigenvalue weighted by Crippen LogP contribution is -2.43. The summed E-state index contributed by atoms with van der Waals surface area (Å²) in [6.07, 6.45) is 1.32. The zero-order chi connectivity index (χ0) is 20.8. The summed E-state index contributed by atoms with van der Waals surface area (Å²) in [5.74, 6) is 5.75. The monoisotopic (exact) mass is 387 g/mol. The van der Waals surface area contributed by atoms with Crippen molar-refractivity contribution >= 4 is 12.2 Å². The van der Waals surface area contributed by atoms with E-state index in [0.29, 0.717) is 11.8 Å². The van der Waals surface area contributed by atoms with Crippen molar-refractivity contribution in [2.24, 2.45) is 7.05 Å². The van der Waals surface area contributed by atoms with Crippen molar-refractivity contribution < 1.29 is 14.7 Å². The zero-order valence-electron chi connectivity index (χ0n) is 16.2. The van der Waals surface area contributed by atoms with E-state index in [-0.39, 0.29) is 0 Å². The van der Waals surface area contributed by atoms with Crippen molar-refractivity contribution in [3.8, 4) is 23.1 Å². The number of nitrogens with one attached hydrogen (secondary N) is 1. The normalized spacial score (nSPS) is 12.4. The number of aromatic nitrogens is 2. The summed E-state index contributed by atoms with van der Waals surface area (Å²) in [6, 6.07) is 15.7. The van der Waals surface area contributed by atoms with E-state index in [1.54, 1.807) is 30.5 Å². The van der Waals surface area contributed by atoms with E-state index in [1.807, 2.05) is 42.1 Å². The van der Waals surface area contributed by atoms with E-state index < -0.39 is 18.1 Å². The molecule has 0 aliphatic carbocycles. The Kier molecular flexibility index (Phi) is 6.22. The van der Waals surface area contributed by atoms with Gasteiger partial charge in [0.2, 0.25) is 0 Å². The second-order valence-corrected chi connectivity index (χ2v) is 6.62. The summed E-state index contributed by atoms with van der Waals surface area (Å²) in [5, 5.41) is 16.1. The molecule has 3 aromatic rings. The maximum atomic E-state index is 12.1. The van der Waals surface area contributed by atoms with E-state index in [1.165, 1.54) is 6.92 Å². The van der Waals surface area contributed by atoms with Crippen molar-refractivity contribution in [1.82, 2.24) is 15.1 Å². The van der Waals surface area contributed by atoms with Gasteiger partial charge in [-0.05, 0) is 55.0 Å². The largest absolute Gasteiger partial charge is 0.391 e. The number of aryl methyl sites for hydroxylation is 1. The number of aldehydes is 1. The molecule has 0 radical (unpaired) electrons. The molecule has 0 fully saturated rings. The van der Waals surface area contributed by atoms with Crippen LogP contribution in [0.15, 0.2) is 60.8 Å². The first-order valence-electron chi connectivity index (χ1n) is 9.12. The van der Waals surface area contributed by atoms with E-state index in [0.717, 1.165) is 22.4 Å². The molecule has 1 amide bonds. The fraction of sp³-hybridized carbons (Fsp3) is 0.174. The minimum atomic E-state index is -0.953. The molecule has 3 rings (SSSR count). The molecule has 6 nitrogen and oxygen atoms in total. The number of aliphatic hydroxyl groups excluding tert-OH is 1. The summed E-state index contributed by atoms with van der Waals surface area (Å²) in [7, 11) is 1.90. The average Bonchev–Trinajstić information content (AvgIpc) is 3.16. The van der Waals surface area contributed by atoms with E-state index in [2.05, 4.69) is 22.3 Å². The minimum Gasteiger partial charge on any atom is -0.391 e. The first-order valence-corrected chi connectivity index (χ1v) is 9.12. The van der Waals surface area contributed by atoms with Crippen LogP contribution in [0.4, 0.5) is 0 Å². The van der Waals surface area contributed by atoms with Crippen molar-refractivity contribution in [3.05, 3.63) is 77.5 Å². The fourth-order valence-electron chi connectivity index (χ4n) is 2.73. The molecule has 0 bridgehead atoms. The number of hydrogen-bond acceptors (Lipinski definition) is 4. The lowest BCUT2D eigenvalue weighted by atomic mass is 10.1. The second kappa shape index (κ2) is 9.00. The molecule has 2 atom stereocenters. The maximum Gasteiger partial charge on any atom is 0.251 e. The number of nitrogens with zero attached hydrogens (tertiary/aromatic N) is 2. The van der Waals surface area contributed by atoms with Crippen LogP contribution in [0.5, 0.6) is 0 Å². The topological polar surface area (TPSA) is 84.2 Å². The third-order valence-electron chi connectivity index (χ3n) is 4.46. The van der Waals surface area contributed by atoms with Gasteiger partial charge in [0.15, 0.2) is 0 Å². The van der Waals surface area contributed by atoms with Crippen LogP contribution in [0.1, 0.15) is 28.4 Å². The Morgan fingerprint density at radius 2 is 1.66 bits per heavy atom. The van der Waals surface area contributed by atoms with Gasteiger partial charge >= 0.3 is 0 Å². The van der Waals surface area contributed by atoms with Gasteiger partial charge in [0.05, 0.1) is 11.8 Å². The Bertz CT molecular complexity index is 1060. The van der Waals surface area contributed by atoms with Crippen molar-refractivity contribution in [2.45, 2.75) is 19.1 Å². The quantitative estimate of drug-likeness (QED) is 0.519. The summed E-state index contributed by atoms with van der Waals surface area (Å²) in [5.41, 5.74) is 4.13. The van der Waals surface area contributed by atoms with Crippen molar-refractivity contribution in [3.63, 3.8) is 0 Å². The lowest BCUT2D eigenvalue weighted by molar-refractivity contribution is -0.111. The molecule has 0 saturated carbocycles. The van der Waals surface area contributed by atoms with Crippen LogP contribution in [0.3, 0.4) is 0 Å². The number of rotatable bonds is 5. The molecule has 0 spiro atoms. The van der Waals surface area contributed by atoms with Gasteiger partial charge in [-0.1, -0.05) is 24.0 Å². The van der Waals surface area contributed by atoms with Crippen molar-refractivity contribution in [2.75, 3.05) is 0 Å². The van der Waals surface area contributed by atoms with Crippen LogP contribution >= 0.6 is 0 Å². The number of benzene rings is 2. The van der Waals surface area contributed by atoms with Crippen LogP contribution in [0, 0.1) is 11.8 Å². The molecule has 2 N–H and O–H groups in total. The SMILES string of the molecule is CC(O)C(C=O)NC(=O)c1ccc(C#Cc2ccc(-c3ccnn3C)cc2)cc1. The summed E-state index contributed by atoms with van der Waals surface area (Å²) < 4.78 is 1.82. The van der Waals surface area contributed by atoms with E-state index in [4.69, 9.17) is 0 Å². The Balaban J connectivity index is 1.67. The van der Waals surface area contributed by atoms with Gasteiger partial charge < -0.3 is 15.2 Å². The van der Waals surface area contributed by atoms with Crippen LogP contribution in [-0.4, -0.2) is 39.2 Å². The second-order valence-electron chi connectivity index (χ2n) is 6.62. The predicted molar refractivity (Wildman–Crippen MR) is 110 cm³/mol. The number of carbonyl (C=O) groups is 2. The smallest absolute Gasteiger partial charge is 0.251 e. The molecule has 1 aromatic heterocycles. The van der Waals surface area contributed by atoms with Crippen LogP contribution in [-0.2, 0) is 11.8 Å². The van der Waals surface area contributed by atoms with Crippen LogP contribution in [0.25, 0.3) is 11.3 Å². The van der Waals surface area contributed by atoms with Gasteiger partial charge in [0.25, 0.3) is 5.91 Å².